The van der Waals surface area contributed by atoms with Crippen LogP contribution >= 0.6 is 0 Å². The molecule has 6 saturated carbocycles. The summed E-state index contributed by atoms with van der Waals surface area (Å²) in [6.45, 7) is 9.30. The molecule has 0 radical (unpaired) electrons. The van der Waals surface area contributed by atoms with E-state index in [1.807, 2.05) is 0 Å². The first-order valence-electron chi connectivity index (χ1n) is 13.8. The maximum absolute atomic E-state index is 7.07. The van der Waals surface area contributed by atoms with Gasteiger partial charge in [-0.05, 0) is 131 Å². The Morgan fingerprint density at radius 3 is 2.13 bits per heavy atom. The maximum atomic E-state index is 7.07. The molecule has 2 heteroatoms. The predicted octanol–water partition coefficient (Wildman–Crippen LogP) is 6.72. The number of hydrogen-bond acceptors (Lipinski definition) is 2. The molecule has 0 aromatic heterocycles. The standard InChI is InChI=1S/C28H46O2/c1-15(2)25(30-26-13-18-10-23(26)22-7-5-6-20(18)22)12-17-8-9-21-19-11-24(28(17)21)27(14-19)29-16(3)4/h15-28H,5-14H2,1-4H3. The number of ether oxygens (including phenoxy) is 2. The summed E-state index contributed by atoms with van der Waals surface area (Å²) in [5, 5.41) is 0. The molecule has 6 rings (SSSR count). The second-order valence-electron chi connectivity index (χ2n) is 13.0. The molecule has 0 aromatic carbocycles. The van der Waals surface area contributed by atoms with Gasteiger partial charge >= 0.3 is 0 Å². The van der Waals surface area contributed by atoms with Gasteiger partial charge in [0.15, 0.2) is 0 Å². The lowest BCUT2D eigenvalue weighted by Crippen LogP contribution is -2.38. The van der Waals surface area contributed by atoms with Crippen molar-refractivity contribution in [1.29, 1.82) is 0 Å². The van der Waals surface area contributed by atoms with E-state index in [-0.39, 0.29) is 0 Å². The first kappa shape index (κ1) is 20.5. The van der Waals surface area contributed by atoms with E-state index in [9.17, 15) is 0 Å². The van der Waals surface area contributed by atoms with Crippen LogP contribution in [0.3, 0.4) is 0 Å². The van der Waals surface area contributed by atoms with Gasteiger partial charge < -0.3 is 9.47 Å². The highest BCUT2D eigenvalue weighted by Gasteiger charge is 2.58. The van der Waals surface area contributed by atoms with E-state index in [0.717, 1.165) is 53.3 Å². The molecule has 30 heavy (non-hydrogen) atoms. The normalized spacial score (nSPS) is 52.0. The Morgan fingerprint density at radius 1 is 0.667 bits per heavy atom. The van der Waals surface area contributed by atoms with Gasteiger partial charge in [-0.1, -0.05) is 20.3 Å². The Bertz CT molecular complexity index is 628. The van der Waals surface area contributed by atoms with Crippen LogP contribution in [0.4, 0.5) is 0 Å². The zero-order chi connectivity index (χ0) is 20.6. The third-order valence-electron chi connectivity index (χ3n) is 11.0. The lowest BCUT2D eigenvalue weighted by molar-refractivity contribution is -0.0916. The Labute approximate surface area is 185 Å². The molecular formula is C28H46O2. The maximum Gasteiger partial charge on any atom is 0.0612 e. The summed E-state index contributed by atoms with van der Waals surface area (Å²) in [6.07, 6.45) is 16.5. The Morgan fingerprint density at radius 2 is 1.37 bits per heavy atom. The average molecular weight is 415 g/mol. The van der Waals surface area contributed by atoms with E-state index in [0.29, 0.717) is 30.3 Å². The highest BCUT2D eigenvalue weighted by Crippen LogP contribution is 2.63. The summed E-state index contributed by atoms with van der Waals surface area (Å²) >= 11 is 0. The number of rotatable bonds is 7. The molecule has 0 heterocycles. The summed E-state index contributed by atoms with van der Waals surface area (Å²) in [7, 11) is 0. The molecule has 6 fully saturated rings. The van der Waals surface area contributed by atoms with Crippen molar-refractivity contribution in [2.24, 2.45) is 59.2 Å². The molecule has 0 N–H and O–H groups in total. The Kier molecular flexibility index (Phi) is 5.30. The Hall–Kier alpha value is -0.0800. The second kappa shape index (κ2) is 7.75. The fourth-order valence-corrected chi connectivity index (χ4v) is 10.1. The zero-order valence-corrected chi connectivity index (χ0v) is 20.0. The fourth-order valence-electron chi connectivity index (χ4n) is 10.1. The molecule has 12 unspecified atom stereocenters. The van der Waals surface area contributed by atoms with Gasteiger partial charge in [0.2, 0.25) is 0 Å². The summed E-state index contributed by atoms with van der Waals surface area (Å²) in [5.74, 6) is 9.35. The quantitative estimate of drug-likeness (QED) is 0.460. The van der Waals surface area contributed by atoms with Crippen molar-refractivity contribution < 1.29 is 9.47 Å². The highest BCUT2D eigenvalue weighted by atomic mass is 16.5. The zero-order valence-electron chi connectivity index (χ0n) is 20.0. The molecule has 4 bridgehead atoms. The average Bonchev–Trinajstić information content (AvgIpc) is 3.48. The molecule has 0 spiro atoms. The molecule has 2 nitrogen and oxygen atoms in total. The van der Waals surface area contributed by atoms with E-state index in [2.05, 4.69) is 27.7 Å². The molecule has 12 atom stereocenters. The summed E-state index contributed by atoms with van der Waals surface area (Å²) in [5.41, 5.74) is 0. The monoisotopic (exact) mass is 414 g/mol. The lowest BCUT2D eigenvalue weighted by Gasteiger charge is -2.39. The van der Waals surface area contributed by atoms with Crippen LogP contribution < -0.4 is 0 Å². The molecule has 6 aliphatic rings. The topological polar surface area (TPSA) is 18.5 Å². The minimum absolute atomic E-state index is 0.386. The van der Waals surface area contributed by atoms with Crippen LogP contribution in [0.2, 0.25) is 0 Å². The summed E-state index contributed by atoms with van der Waals surface area (Å²) < 4.78 is 13.5. The second-order valence-corrected chi connectivity index (χ2v) is 13.0. The van der Waals surface area contributed by atoms with Crippen molar-refractivity contribution in [3.63, 3.8) is 0 Å². The van der Waals surface area contributed by atoms with Crippen molar-refractivity contribution in [2.75, 3.05) is 0 Å². The number of fused-ring (bicyclic) bond motifs is 10. The lowest BCUT2D eigenvalue weighted by atomic mass is 9.74. The van der Waals surface area contributed by atoms with E-state index in [1.54, 1.807) is 0 Å². The van der Waals surface area contributed by atoms with Gasteiger partial charge in [-0.25, -0.2) is 0 Å². The molecule has 0 aliphatic heterocycles. The molecular weight excluding hydrogens is 368 g/mol. The van der Waals surface area contributed by atoms with E-state index < -0.39 is 0 Å². The van der Waals surface area contributed by atoms with Crippen LogP contribution in [0.1, 0.15) is 91.9 Å². The molecule has 6 aliphatic carbocycles. The van der Waals surface area contributed by atoms with Crippen LogP contribution in [0.25, 0.3) is 0 Å². The molecule has 0 aromatic rings. The summed E-state index contributed by atoms with van der Waals surface area (Å²) in [6, 6.07) is 0. The van der Waals surface area contributed by atoms with Crippen molar-refractivity contribution in [1.82, 2.24) is 0 Å². The first-order chi connectivity index (χ1) is 14.5. The Balaban J connectivity index is 1.12. The van der Waals surface area contributed by atoms with Gasteiger partial charge in [-0.15, -0.1) is 0 Å². The van der Waals surface area contributed by atoms with Crippen molar-refractivity contribution in [2.45, 2.75) is 116 Å². The van der Waals surface area contributed by atoms with E-state index >= 15 is 0 Å². The summed E-state index contributed by atoms with van der Waals surface area (Å²) in [4.78, 5) is 0. The minimum atomic E-state index is 0.386. The van der Waals surface area contributed by atoms with E-state index in [4.69, 9.17) is 9.47 Å². The van der Waals surface area contributed by atoms with Gasteiger partial charge in [0.1, 0.15) is 0 Å². The van der Waals surface area contributed by atoms with Crippen molar-refractivity contribution in [3.05, 3.63) is 0 Å². The van der Waals surface area contributed by atoms with Gasteiger partial charge in [0, 0.05) is 0 Å². The van der Waals surface area contributed by atoms with Crippen LogP contribution in [0, 0.1) is 59.2 Å². The number of hydrogen-bond donors (Lipinski definition) is 0. The first-order valence-corrected chi connectivity index (χ1v) is 13.8. The van der Waals surface area contributed by atoms with Gasteiger partial charge in [0.05, 0.1) is 24.4 Å². The van der Waals surface area contributed by atoms with Gasteiger partial charge in [-0.3, -0.25) is 0 Å². The highest BCUT2D eigenvalue weighted by molar-refractivity contribution is 5.07. The van der Waals surface area contributed by atoms with E-state index in [1.165, 1.54) is 64.2 Å². The van der Waals surface area contributed by atoms with Gasteiger partial charge in [-0.2, -0.15) is 0 Å². The minimum Gasteiger partial charge on any atom is -0.375 e. The van der Waals surface area contributed by atoms with Gasteiger partial charge in [0.25, 0.3) is 0 Å². The molecule has 170 valence electrons. The third kappa shape index (κ3) is 3.25. The van der Waals surface area contributed by atoms with Crippen LogP contribution in [0.5, 0.6) is 0 Å². The van der Waals surface area contributed by atoms with Crippen molar-refractivity contribution in [3.8, 4) is 0 Å². The SMILES string of the molecule is CC(C)OC1CC2CC1C1C(CC(OC3CC4CC3C3CCCC43)C(C)C)CCC21. The predicted molar refractivity (Wildman–Crippen MR) is 121 cm³/mol. The van der Waals surface area contributed by atoms with Crippen LogP contribution in [0.15, 0.2) is 0 Å². The smallest absolute Gasteiger partial charge is 0.0612 e. The van der Waals surface area contributed by atoms with Crippen LogP contribution in [-0.4, -0.2) is 24.4 Å². The van der Waals surface area contributed by atoms with Crippen LogP contribution in [-0.2, 0) is 9.47 Å². The largest absolute Gasteiger partial charge is 0.375 e. The molecule has 0 saturated heterocycles. The fraction of sp³-hybridized carbons (Fsp3) is 1.00. The van der Waals surface area contributed by atoms with Crippen molar-refractivity contribution >= 4 is 0 Å². The third-order valence-corrected chi connectivity index (χ3v) is 11.0. The molecule has 0 amide bonds.